The van der Waals surface area contributed by atoms with Gasteiger partial charge in [-0.05, 0) is 258 Å². The molecule has 8 aromatic heterocycles. The summed E-state index contributed by atoms with van der Waals surface area (Å²) in [6, 6.07) is 80.2. The van der Waals surface area contributed by atoms with Crippen LogP contribution in [0.3, 0.4) is 0 Å². The summed E-state index contributed by atoms with van der Waals surface area (Å²) in [5, 5.41) is 35.8. The summed E-state index contributed by atoms with van der Waals surface area (Å²) in [6.45, 7) is 35.9. The first-order valence-corrected chi connectivity index (χ1v) is 50.7. The molecule has 0 spiro atoms. The minimum Gasteiger partial charge on any atom is -0.415 e. The van der Waals surface area contributed by atoms with Gasteiger partial charge in [-0.3, -0.25) is 0 Å². The minimum absolute atomic E-state index is 0.0772. The Kier molecular flexibility index (Phi) is 27.0. The lowest BCUT2D eigenvalue weighted by Crippen LogP contribution is -2.25. The molecule has 0 atom stereocenters. The molecule has 0 saturated carbocycles. The van der Waals surface area contributed by atoms with Crippen LogP contribution in [0.25, 0.3) is 153 Å². The lowest BCUT2D eigenvalue weighted by Gasteiger charge is -2.33. The molecular weight excluding hydrogens is 1670 g/mol. The average molecular weight is 1800 g/mol. The summed E-state index contributed by atoms with van der Waals surface area (Å²) in [5.74, 6) is 4.40. The highest BCUT2D eigenvalue weighted by Gasteiger charge is 2.45. The highest BCUT2D eigenvalue weighted by molar-refractivity contribution is 7.19. The Morgan fingerprint density at radius 2 is 0.392 bits per heavy atom. The molecular formula is C114H124N8O4S4. The van der Waals surface area contributed by atoms with Gasteiger partial charge in [0.1, 0.15) is 0 Å². The van der Waals surface area contributed by atoms with Gasteiger partial charge in [-0.2, -0.15) is 0 Å². The van der Waals surface area contributed by atoms with Crippen molar-refractivity contribution in [2.24, 2.45) is 0 Å². The number of thiophene rings is 4. The summed E-state index contributed by atoms with van der Waals surface area (Å²) >= 11 is 6.89. The molecule has 0 radical (unpaired) electrons. The van der Waals surface area contributed by atoms with E-state index in [0.29, 0.717) is 47.1 Å². The van der Waals surface area contributed by atoms with Crippen molar-refractivity contribution < 1.29 is 17.7 Å². The van der Waals surface area contributed by atoms with Crippen molar-refractivity contribution in [3.8, 4) is 153 Å². The number of benzene rings is 8. The van der Waals surface area contributed by atoms with Gasteiger partial charge in [0.25, 0.3) is 23.6 Å². The van der Waals surface area contributed by atoms with Gasteiger partial charge in [-0.15, -0.1) is 86.1 Å². The van der Waals surface area contributed by atoms with Crippen LogP contribution >= 0.6 is 45.3 Å². The second-order valence-corrected chi connectivity index (χ2v) is 44.4. The first-order valence-electron chi connectivity index (χ1n) is 47.5. The number of nitrogens with zero attached hydrogens (tertiary/aromatic N) is 8. The molecule has 0 bridgehead atoms. The highest BCUT2D eigenvalue weighted by Crippen LogP contribution is 2.59. The molecule has 16 aromatic rings. The quantitative estimate of drug-likeness (QED) is 0.0368. The van der Waals surface area contributed by atoms with E-state index >= 15 is 0 Å². The Morgan fingerprint density at radius 1 is 0.208 bits per heavy atom. The lowest BCUT2D eigenvalue weighted by atomic mass is 9.70. The summed E-state index contributed by atoms with van der Waals surface area (Å²) in [5.41, 5.74) is 25.4. The Morgan fingerprint density at radius 3 is 0.585 bits per heavy atom. The van der Waals surface area contributed by atoms with Gasteiger partial charge in [-0.1, -0.05) is 311 Å². The number of hydrogen-bond donors (Lipinski definition) is 0. The molecule has 2 aliphatic rings. The van der Waals surface area contributed by atoms with E-state index in [4.69, 9.17) is 17.7 Å². The number of rotatable bonds is 32. The lowest BCUT2D eigenvalue weighted by molar-refractivity contribution is 0.401. The maximum atomic E-state index is 6.29. The van der Waals surface area contributed by atoms with Gasteiger partial charge in [0.2, 0.25) is 23.6 Å². The molecule has 18 rings (SSSR count). The zero-order valence-corrected chi connectivity index (χ0v) is 82.0. The fourth-order valence-corrected chi connectivity index (χ4v) is 22.7. The standard InChI is InChI=1S/2C57H62N4O2S2/c2*1-9-11-13-15-33-57(34-16-14-12-10-2)45-35-39(47-29-31-49(64-47)53-60-58-51(62-53)37-17-23-41(24-18-37)55(3,4)5)21-27-43(45)44-28-22-40(36-46(44)57)48-30-32-50(65-48)54-61-59-52(63-54)38-19-25-42(26-20-38)56(6,7)8/h2*17-32,35-36H,9-16,33-34H2,1-8H3. The molecule has 12 nitrogen and oxygen atoms in total. The van der Waals surface area contributed by atoms with Gasteiger partial charge in [-0.25, -0.2) is 0 Å². The SMILES string of the molecule is CCCCCCC1(CCCCCC)c2cc(-c3ccc(-c4nnc(-c5ccc(C(C)(C)C)cc5)o4)s3)ccc2-c2ccc(-c3ccc(-c4nnc(-c5ccc(C(C)(C)C)cc5)o4)s3)cc21.CCCCCCC1(CCCCCC)c2cc(-c3ccc(-c4nnc(-c5ccc(C(C)(C)C)cc5)o4)s3)ccc2-c2ccc(-c3ccc(-c4nnc(-c5ccc(C(C)(C)C)cc5)o4)s3)cc21. The molecule has 0 N–H and O–H groups in total. The van der Waals surface area contributed by atoms with Crippen molar-refractivity contribution in [3.63, 3.8) is 0 Å². The third-order valence-electron chi connectivity index (χ3n) is 26.6. The van der Waals surface area contributed by atoms with E-state index in [1.165, 1.54) is 211 Å². The molecule has 0 fully saturated rings. The molecule has 130 heavy (non-hydrogen) atoms. The monoisotopic (exact) mass is 1800 g/mol. The Hall–Kier alpha value is -10.9. The Labute approximate surface area is 785 Å². The predicted molar refractivity (Wildman–Crippen MR) is 543 cm³/mol. The van der Waals surface area contributed by atoms with E-state index in [1.807, 2.05) is 0 Å². The summed E-state index contributed by atoms with van der Waals surface area (Å²) < 4.78 is 25.2. The summed E-state index contributed by atoms with van der Waals surface area (Å²) in [7, 11) is 0. The van der Waals surface area contributed by atoms with Crippen molar-refractivity contribution in [2.75, 3.05) is 0 Å². The van der Waals surface area contributed by atoms with E-state index in [2.05, 4.69) is 370 Å². The molecule has 8 aromatic carbocycles. The second kappa shape index (κ2) is 38.5. The molecule has 0 saturated heterocycles. The number of fused-ring (bicyclic) bond motifs is 6. The molecule has 8 heterocycles. The average Bonchev–Trinajstić information content (AvgIpc) is 1.56. The Bertz CT molecular complexity index is 5760. The first kappa shape index (κ1) is 91.0. The van der Waals surface area contributed by atoms with Crippen LogP contribution in [-0.4, -0.2) is 40.8 Å². The van der Waals surface area contributed by atoms with Gasteiger partial charge in [0.15, 0.2) is 0 Å². The van der Waals surface area contributed by atoms with Gasteiger partial charge < -0.3 is 17.7 Å². The largest absolute Gasteiger partial charge is 0.415 e. The number of hydrogen-bond acceptors (Lipinski definition) is 16. The van der Waals surface area contributed by atoms with Crippen LogP contribution in [0.4, 0.5) is 0 Å². The topological polar surface area (TPSA) is 156 Å². The Balaban J connectivity index is 0.000000182. The maximum absolute atomic E-state index is 6.29. The predicted octanol–water partition coefficient (Wildman–Crippen LogP) is 34.8. The molecule has 668 valence electrons. The molecule has 0 aliphatic heterocycles. The van der Waals surface area contributed by atoms with Gasteiger partial charge >= 0.3 is 0 Å². The van der Waals surface area contributed by atoms with Crippen LogP contribution < -0.4 is 0 Å². The maximum Gasteiger partial charge on any atom is 0.258 e. The zero-order chi connectivity index (χ0) is 90.7. The second-order valence-electron chi connectivity index (χ2n) is 40.1. The smallest absolute Gasteiger partial charge is 0.258 e. The van der Waals surface area contributed by atoms with E-state index in [-0.39, 0.29) is 32.5 Å². The van der Waals surface area contributed by atoms with Crippen molar-refractivity contribution in [2.45, 2.75) is 272 Å². The van der Waals surface area contributed by atoms with Gasteiger partial charge in [0.05, 0.1) is 19.5 Å². The molecule has 2 aliphatic carbocycles. The van der Waals surface area contributed by atoms with Crippen LogP contribution in [0.2, 0.25) is 0 Å². The normalized spacial score (nSPS) is 13.4. The van der Waals surface area contributed by atoms with E-state index < -0.39 is 0 Å². The van der Waals surface area contributed by atoms with Crippen molar-refractivity contribution >= 4 is 45.3 Å². The third kappa shape index (κ3) is 19.4. The van der Waals surface area contributed by atoms with Crippen LogP contribution in [0, 0.1) is 0 Å². The first-order chi connectivity index (χ1) is 62.7. The fraction of sp³-hybridized carbons (Fsp3) is 0.368. The van der Waals surface area contributed by atoms with Gasteiger partial charge in [0, 0.05) is 52.6 Å². The molecule has 0 amide bonds. The van der Waals surface area contributed by atoms with Crippen LogP contribution in [0.1, 0.15) is 284 Å². The van der Waals surface area contributed by atoms with E-state index in [0.717, 1.165) is 67.4 Å². The van der Waals surface area contributed by atoms with Crippen molar-refractivity contribution in [1.82, 2.24) is 40.8 Å². The van der Waals surface area contributed by atoms with E-state index in [9.17, 15) is 0 Å². The highest BCUT2D eigenvalue weighted by atomic mass is 32.1. The fourth-order valence-electron chi connectivity index (χ4n) is 19.0. The van der Waals surface area contributed by atoms with Crippen LogP contribution in [0.15, 0.2) is 236 Å². The number of unbranched alkanes of at least 4 members (excludes halogenated alkanes) is 12. The van der Waals surface area contributed by atoms with Crippen LogP contribution in [-0.2, 0) is 32.5 Å². The van der Waals surface area contributed by atoms with Crippen molar-refractivity contribution in [1.29, 1.82) is 0 Å². The molecule has 16 heteroatoms. The minimum atomic E-state index is -0.0772. The summed E-state index contributed by atoms with van der Waals surface area (Å²) in [4.78, 5) is 8.73. The third-order valence-corrected chi connectivity index (χ3v) is 31.1. The zero-order valence-electron chi connectivity index (χ0n) is 78.8. The number of aromatic nitrogens is 8. The van der Waals surface area contributed by atoms with Crippen molar-refractivity contribution in [3.05, 3.63) is 263 Å². The molecule has 0 unspecified atom stereocenters. The van der Waals surface area contributed by atoms with Crippen LogP contribution in [0.5, 0.6) is 0 Å². The van der Waals surface area contributed by atoms with E-state index in [1.54, 1.807) is 45.3 Å². The summed E-state index contributed by atoms with van der Waals surface area (Å²) in [6.07, 6.45) is 24.3.